The van der Waals surface area contributed by atoms with Gasteiger partial charge in [0.1, 0.15) is 17.5 Å². The minimum absolute atomic E-state index is 0.195. The van der Waals surface area contributed by atoms with Crippen molar-refractivity contribution in [2.24, 2.45) is 5.92 Å². The maximum absolute atomic E-state index is 13.1. The van der Waals surface area contributed by atoms with Gasteiger partial charge in [0, 0.05) is 18.8 Å². The number of rotatable bonds is 3. The number of hydrogen-bond donors (Lipinski definition) is 3. The fourth-order valence-corrected chi connectivity index (χ4v) is 3.90. The Labute approximate surface area is 180 Å². The van der Waals surface area contributed by atoms with E-state index in [2.05, 4.69) is 33.5 Å². The van der Waals surface area contributed by atoms with Gasteiger partial charge in [0.05, 0.1) is 47.4 Å². The van der Waals surface area contributed by atoms with Crippen LogP contribution in [0, 0.1) is 18.9 Å². The minimum Gasteiger partial charge on any atom is -0.383 e. The second kappa shape index (κ2) is 8.53. The number of hydrogen-bond acceptors (Lipinski definition) is 5. The number of carbonyl (C=O) groups excluding carboxylic acids is 2. The molecular formula is C23H25N6O2+. The Balaban J connectivity index is 1.52. The summed E-state index contributed by atoms with van der Waals surface area (Å²) in [4.78, 5) is 31.5. The highest BCUT2D eigenvalue weighted by atomic mass is 16.2. The number of aromatic nitrogens is 3. The zero-order valence-corrected chi connectivity index (χ0v) is 17.6. The summed E-state index contributed by atoms with van der Waals surface area (Å²) in [6.45, 7) is 4.41. The summed E-state index contributed by atoms with van der Waals surface area (Å²) in [6.07, 6.45) is 15.9. The summed E-state index contributed by atoms with van der Waals surface area (Å²) in [7, 11) is 0. The number of nitrogens with two attached hydrogens (primary N) is 1. The number of nitrogen functional groups attached to an aromatic ring is 1. The van der Waals surface area contributed by atoms with Crippen LogP contribution in [0.2, 0.25) is 0 Å². The van der Waals surface area contributed by atoms with E-state index < -0.39 is 11.8 Å². The van der Waals surface area contributed by atoms with Gasteiger partial charge in [-0.3, -0.25) is 14.7 Å². The van der Waals surface area contributed by atoms with E-state index in [0.29, 0.717) is 24.0 Å². The summed E-state index contributed by atoms with van der Waals surface area (Å²) in [5, 5.41) is 9.42. The number of piperidine rings is 1. The quantitative estimate of drug-likeness (QED) is 0.524. The Morgan fingerprint density at radius 3 is 2.81 bits per heavy atom. The number of amides is 2. The van der Waals surface area contributed by atoms with Crippen molar-refractivity contribution in [2.75, 3.05) is 17.6 Å². The SMILES string of the molecule is Cc1cc(NC(=O)C(=O)N2C[C@H](C)CC[C@H]2C2=[C+]C=C(c3cn[nH]c3)C=C2)cnc1N. The summed E-state index contributed by atoms with van der Waals surface area (Å²) in [5.74, 6) is -0.527. The first-order valence-corrected chi connectivity index (χ1v) is 10.3. The molecule has 4 rings (SSSR count). The van der Waals surface area contributed by atoms with Crippen molar-refractivity contribution in [3.05, 3.63) is 65.7 Å². The molecule has 0 radical (unpaired) electrons. The van der Waals surface area contributed by atoms with Gasteiger partial charge >= 0.3 is 11.8 Å². The maximum atomic E-state index is 13.1. The molecule has 2 atom stereocenters. The highest BCUT2D eigenvalue weighted by Gasteiger charge is 2.37. The lowest BCUT2D eigenvalue weighted by molar-refractivity contribution is -0.145. The lowest BCUT2D eigenvalue weighted by Gasteiger charge is -2.37. The van der Waals surface area contributed by atoms with E-state index in [9.17, 15) is 9.59 Å². The average Bonchev–Trinajstić information content (AvgIpc) is 3.31. The number of allylic oxidation sites excluding steroid dienone is 4. The van der Waals surface area contributed by atoms with Crippen LogP contribution >= 0.6 is 0 Å². The van der Waals surface area contributed by atoms with Gasteiger partial charge in [0.2, 0.25) is 0 Å². The van der Waals surface area contributed by atoms with E-state index in [-0.39, 0.29) is 6.04 Å². The van der Waals surface area contributed by atoms with Crippen molar-refractivity contribution >= 4 is 28.9 Å². The molecule has 0 aromatic carbocycles. The number of anilines is 2. The molecule has 0 spiro atoms. The number of nitrogens with zero attached hydrogens (tertiary/aromatic N) is 3. The van der Waals surface area contributed by atoms with Crippen LogP contribution < -0.4 is 11.1 Å². The maximum Gasteiger partial charge on any atom is 0.313 e. The smallest absolute Gasteiger partial charge is 0.313 e. The van der Waals surface area contributed by atoms with Crippen LogP contribution in [0.5, 0.6) is 0 Å². The molecule has 2 aromatic rings. The molecule has 158 valence electrons. The van der Waals surface area contributed by atoms with Gasteiger partial charge in [-0.1, -0.05) is 6.92 Å². The summed E-state index contributed by atoms with van der Waals surface area (Å²) in [5.41, 5.74) is 9.77. The molecule has 2 aliphatic rings. The zero-order valence-electron chi connectivity index (χ0n) is 17.6. The Bertz CT molecular complexity index is 1080. The van der Waals surface area contributed by atoms with Gasteiger partial charge in [-0.15, -0.1) is 0 Å². The molecule has 1 saturated heterocycles. The molecule has 2 aromatic heterocycles. The van der Waals surface area contributed by atoms with Crippen LogP contribution in [0.15, 0.2) is 48.5 Å². The molecule has 3 heterocycles. The normalized spacial score (nSPS) is 20.5. The zero-order chi connectivity index (χ0) is 22.0. The van der Waals surface area contributed by atoms with E-state index >= 15 is 0 Å². The predicted molar refractivity (Wildman–Crippen MR) is 118 cm³/mol. The molecule has 4 N–H and O–H groups in total. The molecule has 8 nitrogen and oxygen atoms in total. The molecule has 0 unspecified atom stereocenters. The van der Waals surface area contributed by atoms with Gasteiger partial charge in [-0.25, -0.2) is 4.98 Å². The number of nitrogens with one attached hydrogen (secondary N) is 2. The summed E-state index contributed by atoms with van der Waals surface area (Å²) < 4.78 is 0. The van der Waals surface area contributed by atoms with Gasteiger partial charge in [0.15, 0.2) is 0 Å². The van der Waals surface area contributed by atoms with Crippen molar-refractivity contribution in [1.29, 1.82) is 0 Å². The first kappa shape index (κ1) is 20.5. The molecule has 8 heteroatoms. The Morgan fingerprint density at radius 2 is 2.13 bits per heavy atom. The highest BCUT2D eigenvalue weighted by Crippen LogP contribution is 2.30. The number of carbonyl (C=O) groups is 2. The van der Waals surface area contributed by atoms with Crippen LogP contribution in [0.3, 0.4) is 0 Å². The highest BCUT2D eigenvalue weighted by molar-refractivity contribution is 6.39. The second-order valence-electron chi connectivity index (χ2n) is 8.06. The van der Waals surface area contributed by atoms with Crippen LogP contribution in [0.1, 0.15) is 30.9 Å². The van der Waals surface area contributed by atoms with E-state index in [1.54, 1.807) is 24.1 Å². The first-order chi connectivity index (χ1) is 14.9. The Hall–Kier alpha value is -3.77. The third-order valence-corrected chi connectivity index (χ3v) is 5.68. The van der Waals surface area contributed by atoms with Crippen molar-refractivity contribution in [1.82, 2.24) is 20.1 Å². The molecule has 1 aliphatic heterocycles. The van der Waals surface area contributed by atoms with Gasteiger partial charge in [-0.05, 0) is 37.3 Å². The Morgan fingerprint density at radius 1 is 1.29 bits per heavy atom. The minimum atomic E-state index is -0.680. The molecular weight excluding hydrogens is 392 g/mol. The fraction of sp³-hybridized carbons (Fsp3) is 0.304. The van der Waals surface area contributed by atoms with Gasteiger partial charge < -0.3 is 16.0 Å². The number of pyridine rings is 1. The van der Waals surface area contributed by atoms with Gasteiger partial charge in [0.25, 0.3) is 0 Å². The first-order valence-electron chi connectivity index (χ1n) is 10.3. The second-order valence-corrected chi connectivity index (χ2v) is 8.06. The molecule has 2 amide bonds. The predicted octanol–water partition coefficient (Wildman–Crippen LogP) is 2.64. The standard InChI is InChI=1S/C23H24N6O2/c1-14-3-8-20(17-6-4-16(5-7-17)18-10-26-27-11-18)29(13-14)23(31)22(30)28-19-9-15(2)21(24)25-12-19/h4-6,9-12,14,20H,3,8,13H2,1-2H3,(H3-,24,25,26,27,28,30,31)/p+1/t14-,20+/m1/s1. The number of likely N-dealkylation sites (tertiary alicyclic amines) is 1. The fourth-order valence-electron chi connectivity index (χ4n) is 3.90. The average molecular weight is 417 g/mol. The summed E-state index contributed by atoms with van der Waals surface area (Å²) in [6, 6.07) is 1.51. The number of aryl methyl sites for hydroxylation is 1. The molecule has 1 aliphatic carbocycles. The van der Waals surface area contributed by atoms with Crippen molar-refractivity contribution in [3.8, 4) is 0 Å². The van der Waals surface area contributed by atoms with Crippen molar-refractivity contribution < 1.29 is 9.59 Å². The van der Waals surface area contributed by atoms with Crippen LogP contribution in [0.25, 0.3) is 5.57 Å². The molecule has 1 fully saturated rings. The van der Waals surface area contributed by atoms with E-state index in [1.165, 1.54) is 6.20 Å². The lowest BCUT2D eigenvalue weighted by Crippen LogP contribution is -2.51. The van der Waals surface area contributed by atoms with Crippen LogP contribution in [0.4, 0.5) is 11.5 Å². The topological polar surface area (TPSA) is 117 Å². The van der Waals surface area contributed by atoms with Gasteiger partial charge in [-0.2, -0.15) is 5.10 Å². The van der Waals surface area contributed by atoms with Crippen molar-refractivity contribution in [3.63, 3.8) is 0 Å². The largest absolute Gasteiger partial charge is 0.383 e. The van der Waals surface area contributed by atoms with E-state index in [1.807, 2.05) is 24.4 Å². The molecule has 0 bridgehead atoms. The third kappa shape index (κ3) is 4.39. The molecule has 0 saturated carbocycles. The van der Waals surface area contributed by atoms with Crippen LogP contribution in [-0.4, -0.2) is 44.5 Å². The van der Waals surface area contributed by atoms with E-state index in [0.717, 1.165) is 35.1 Å². The third-order valence-electron chi connectivity index (χ3n) is 5.68. The molecule has 31 heavy (non-hydrogen) atoms. The number of H-pyrrole nitrogens is 1. The van der Waals surface area contributed by atoms with Crippen LogP contribution in [-0.2, 0) is 9.59 Å². The Kier molecular flexibility index (Phi) is 5.64. The lowest BCUT2D eigenvalue weighted by atomic mass is 9.87. The monoisotopic (exact) mass is 417 g/mol. The van der Waals surface area contributed by atoms with Crippen molar-refractivity contribution in [2.45, 2.75) is 32.7 Å². The number of aromatic amines is 1. The van der Waals surface area contributed by atoms with E-state index in [4.69, 9.17) is 5.73 Å². The summed E-state index contributed by atoms with van der Waals surface area (Å²) >= 11 is 0.